The third-order valence-corrected chi connectivity index (χ3v) is 1.92. The standard InChI is InChI=1S/C7H9NO3/c1-4-6-5(2-3-10-4)8-7(9)11-6/h2-6H,1H3,(H,8,9)/t4-,5-,6+/m0/s1. The van der Waals surface area contributed by atoms with Gasteiger partial charge in [-0.15, -0.1) is 0 Å². The molecular formula is C7H9NO3. The van der Waals surface area contributed by atoms with Crippen LogP contribution in [0, 0.1) is 0 Å². The van der Waals surface area contributed by atoms with Crippen LogP contribution >= 0.6 is 0 Å². The normalized spacial score (nSPS) is 40.5. The molecule has 2 aliphatic heterocycles. The Hall–Kier alpha value is -1.19. The van der Waals surface area contributed by atoms with Crippen LogP contribution in [-0.4, -0.2) is 24.3 Å². The van der Waals surface area contributed by atoms with Gasteiger partial charge >= 0.3 is 6.09 Å². The topological polar surface area (TPSA) is 47.6 Å². The summed E-state index contributed by atoms with van der Waals surface area (Å²) in [5.41, 5.74) is 0. The van der Waals surface area contributed by atoms with Gasteiger partial charge in [0.2, 0.25) is 0 Å². The molecule has 1 fully saturated rings. The van der Waals surface area contributed by atoms with Gasteiger partial charge in [-0.1, -0.05) is 0 Å². The lowest BCUT2D eigenvalue weighted by Crippen LogP contribution is -2.39. The van der Waals surface area contributed by atoms with Crippen LogP contribution in [0.15, 0.2) is 12.3 Å². The molecule has 0 aromatic heterocycles. The summed E-state index contributed by atoms with van der Waals surface area (Å²) in [6.45, 7) is 1.88. The minimum absolute atomic E-state index is 0.00810. The fourth-order valence-electron chi connectivity index (χ4n) is 1.33. The second kappa shape index (κ2) is 2.15. The first-order valence-electron chi connectivity index (χ1n) is 3.56. The highest BCUT2D eigenvalue weighted by Gasteiger charge is 2.39. The fraction of sp³-hybridized carbons (Fsp3) is 0.571. The molecule has 0 bridgehead atoms. The van der Waals surface area contributed by atoms with Crippen LogP contribution in [0.1, 0.15) is 6.92 Å². The first-order chi connectivity index (χ1) is 5.27. The van der Waals surface area contributed by atoms with Crippen LogP contribution in [0.5, 0.6) is 0 Å². The Labute approximate surface area is 64.2 Å². The zero-order valence-electron chi connectivity index (χ0n) is 6.11. The van der Waals surface area contributed by atoms with E-state index in [9.17, 15) is 4.79 Å². The van der Waals surface area contributed by atoms with E-state index >= 15 is 0 Å². The van der Waals surface area contributed by atoms with Crippen LogP contribution < -0.4 is 5.32 Å². The monoisotopic (exact) mass is 155 g/mol. The largest absolute Gasteiger partial charge is 0.495 e. The maximum atomic E-state index is 10.7. The summed E-state index contributed by atoms with van der Waals surface area (Å²) in [6.07, 6.45) is 2.81. The van der Waals surface area contributed by atoms with Gasteiger partial charge in [0.1, 0.15) is 6.10 Å². The van der Waals surface area contributed by atoms with Crippen molar-refractivity contribution in [1.82, 2.24) is 5.32 Å². The molecule has 4 nitrogen and oxygen atoms in total. The van der Waals surface area contributed by atoms with E-state index < -0.39 is 0 Å². The number of carbonyl (C=O) groups excluding carboxylic acids is 1. The number of hydrogen-bond acceptors (Lipinski definition) is 3. The van der Waals surface area contributed by atoms with Gasteiger partial charge in [0.25, 0.3) is 0 Å². The minimum atomic E-state index is -0.359. The lowest BCUT2D eigenvalue weighted by molar-refractivity contribution is 0.0142. The smallest absolute Gasteiger partial charge is 0.408 e. The number of ether oxygens (including phenoxy) is 2. The van der Waals surface area contributed by atoms with Crippen LogP contribution in [-0.2, 0) is 9.47 Å². The van der Waals surface area contributed by atoms with Gasteiger partial charge in [-0.05, 0) is 13.0 Å². The number of amides is 1. The lowest BCUT2D eigenvalue weighted by Gasteiger charge is -2.24. The second-order valence-corrected chi connectivity index (χ2v) is 2.71. The van der Waals surface area contributed by atoms with Gasteiger partial charge in [-0.25, -0.2) is 4.79 Å². The fourth-order valence-corrected chi connectivity index (χ4v) is 1.33. The van der Waals surface area contributed by atoms with Gasteiger partial charge in [0, 0.05) is 0 Å². The average Bonchev–Trinajstić information content (AvgIpc) is 2.31. The zero-order chi connectivity index (χ0) is 7.84. The minimum Gasteiger partial charge on any atom is -0.495 e. The van der Waals surface area contributed by atoms with E-state index in [0.29, 0.717) is 0 Å². The SMILES string of the molecule is C[C@@H]1OC=C[C@@H]2NC(=O)O[C@@H]21. The lowest BCUT2D eigenvalue weighted by atomic mass is 10.1. The molecule has 2 rings (SSSR count). The van der Waals surface area contributed by atoms with Gasteiger partial charge in [0.15, 0.2) is 6.10 Å². The maximum absolute atomic E-state index is 10.7. The van der Waals surface area contributed by atoms with Gasteiger partial charge in [-0.3, -0.25) is 0 Å². The quantitative estimate of drug-likeness (QED) is 0.550. The molecule has 2 aliphatic rings. The Morgan fingerprint density at radius 1 is 1.64 bits per heavy atom. The average molecular weight is 155 g/mol. The van der Waals surface area contributed by atoms with Crippen molar-refractivity contribution in [3.63, 3.8) is 0 Å². The van der Waals surface area contributed by atoms with Crippen molar-refractivity contribution in [3.8, 4) is 0 Å². The Morgan fingerprint density at radius 2 is 2.45 bits per heavy atom. The molecule has 1 N–H and O–H groups in total. The number of rotatable bonds is 0. The number of alkyl carbamates (subject to hydrolysis) is 1. The zero-order valence-corrected chi connectivity index (χ0v) is 6.11. The summed E-state index contributed by atoms with van der Waals surface area (Å²) < 4.78 is 10.1. The van der Waals surface area contributed by atoms with E-state index in [1.54, 1.807) is 12.3 Å². The summed E-state index contributed by atoms with van der Waals surface area (Å²) in [7, 11) is 0. The highest BCUT2D eigenvalue weighted by Crippen LogP contribution is 2.19. The third-order valence-electron chi connectivity index (χ3n) is 1.92. The first kappa shape index (κ1) is 6.52. The van der Waals surface area contributed by atoms with E-state index in [2.05, 4.69) is 5.32 Å². The van der Waals surface area contributed by atoms with Crippen LogP contribution in [0.25, 0.3) is 0 Å². The van der Waals surface area contributed by atoms with Crippen molar-refractivity contribution < 1.29 is 14.3 Å². The Bertz CT molecular complexity index is 214. The first-order valence-corrected chi connectivity index (χ1v) is 3.56. The Balaban J connectivity index is 2.19. The molecule has 0 unspecified atom stereocenters. The third kappa shape index (κ3) is 0.943. The number of nitrogens with one attached hydrogen (secondary N) is 1. The van der Waals surface area contributed by atoms with Crippen molar-refractivity contribution in [1.29, 1.82) is 0 Å². The second-order valence-electron chi connectivity index (χ2n) is 2.71. The van der Waals surface area contributed by atoms with Crippen molar-refractivity contribution in [3.05, 3.63) is 12.3 Å². The predicted molar refractivity (Wildman–Crippen MR) is 36.9 cm³/mol. The molecule has 11 heavy (non-hydrogen) atoms. The van der Waals surface area contributed by atoms with Gasteiger partial charge in [-0.2, -0.15) is 0 Å². The van der Waals surface area contributed by atoms with E-state index in [1.165, 1.54) is 0 Å². The highest BCUT2D eigenvalue weighted by atomic mass is 16.6. The highest BCUT2D eigenvalue weighted by molar-refractivity contribution is 5.71. The summed E-state index contributed by atoms with van der Waals surface area (Å²) in [5, 5.41) is 2.66. The summed E-state index contributed by atoms with van der Waals surface area (Å²) >= 11 is 0. The van der Waals surface area contributed by atoms with Crippen LogP contribution in [0.4, 0.5) is 4.79 Å². The van der Waals surface area contributed by atoms with Crippen LogP contribution in [0.2, 0.25) is 0 Å². The molecule has 0 spiro atoms. The molecular weight excluding hydrogens is 146 g/mol. The molecule has 4 heteroatoms. The molecule has 2 heterocycles. The van der Waals surface area contributed by atoms with E-state index in [-0.39, 0.29) is 24.3 Å². The predicted octanol–water partition coefficient (Wildman–Crippen LogP) is 0.396. The molecule has 1 saturated heterocycles. The van der Waals surface area contributed by atoms with E-state index in [1.807, 2.05) is 6.92 Å². The van der Waals surface area contributed by atoms with Crippen molar-refractivity contribution in [2.75, 3.05) is 0 Å². The summed E-state index contributed by atoms with van der Waals surface area (Å²) in [4.78, 5) is 10.7. The molecule has 0 radical (unpaired) electrons. The Morgan fingerprint density at radius 3 is 3.18 bits per heavy atom. The van der Waals surface area contributed by atoms with Crippen molar-refractivity contribution >= 4 is 6.09 Å². The van der Waals surface area contributed by atoms with Crippen molar-refractivity contribution in [2.45, 2.75) is 25.2 Å². The molecule has 3 atom stereocenters. The summed E-state index contributed by atoms with van der Waals surface area (Å²) in [6, 6.07) is -0.00810. The van der Waals surface area contributed by atoms with Crippen LogP contribution in [0.3, 0.4) is 0 Å². The van der Waals surface area contributed by atoms with Crippen molar-refractivity contribution in [2.24, 2.45) is 0 Å². The number of carbonyl (C=O) groups is 1. The molecule has 0 aliphatic carbocycles. The van der Waals surface area contributed by atoms with E-state index in [4.69, 9.17) is 9.47 Å². The Kier molecular flexibility index (Phi) is 1.27. The van der Waals surface area contributed by atoms with E-state index in [0.717, 1.165) is 0 Å². The number of hydrogen-bond donors (Lipinski definition) is 1. The van der Waals surface area contributed by atoms with Gasteiger partial charge in [0.05, 0.1) is 12.3 Å². The molecule has 1 amide bonds. The molecule has 60 valence electrons. The number of fused-ring (bicyclic) bond motifs is 1. The van der Waals surface area contributed by atoms with Gasteiger partial charge < -0.3 is 14.8 Å². The molecule has 0 aromatic rings. The molecule has 0 saturated carbocycles. The summed E-state index contributed by atoms with van der Waals surface area (Å²) in [5.74, 6) is 0. The maximum Gasteiger partial charge on any atom is 0.408 e. The molecule has 0 aromatic carbocycles.